The molecule has 2 atom stereocenters. The van der Waals surface area contributed by atoms with Crippen LogP contribution in [0.15, 0.2) is 48.5 Å². The van der Waals surface area contributed by atoms with Crippen LogP contribution in [0.5, 0.6) is 0 Å². The van der Waals surface area contributed by atoms with E-state index >= 15 is 0 Å². The van der Waals surface area contributed by atoms with Gasteiger partial charge in [-0.3, -0.25) is 9.59 Å². The quantitative estimate of drug-likeness (QED) is 0.262. The second-order valence-corrected chi connectivity index (χ2v) is 11.6. The zero-order valence-electron chi connectivity index (χ0n) is 21.0. The lowest BCUT2D eigenvalue weighted by Gasteiger charge is -2.25. The summed E-state index contributed by atoms with van der Waals surface area (Å²) in [5, 5.41) is 25.8. The summed E-state index contributed by atoms with van der Waals surface area (Å²) in [6.45, 7) is 2.02. The molecule has 0 unspecified atom stereocenters. The summed E-state index contributed by atoms with van der Waals surface area (Å²) in [5.41, 5.74) is 9.40. The van der Waals surface area contributed by atoms with Crippen molar-refractivity contribution in [3.63, 3.8) is 0 Å². The first-order valence-corrected chi connectivity index (χ1v) is 14.2. The second-order valence-electron chi connectivity index (χ2n) is 9.63. The molecule has 2 aromatic carbocycles. The summed E-state index contributed by atoms with van der Waals surface area (Å²) in [7, 11) is 0. The van der Waals surface area contributed by atoms with Gasteiger partial charge < -0.3 is 16.4 Å². The number of anilines is 3. The van der Waals surface area contributed by atoms with E-state index < -0.39 is 0 Å². The van der Waals surface area contributed by atoms with Crippen molar-refractivity contribution in [3.05, 3.63) is 75.2 Å². The maximum Gasteiger partial charge on any atom is 0.230 e. The Labute approximate surface area is 228 Å². The topological polar surface area (TPSA) is 136 Å². The standard InChI is InChI=1S/C27H29N7O2S2/c1-16-5-7-17(8-6-16)13-22(35)29-26-33-31-24(37-26)19-3-2-4-20(15-19)25-32-34-27(38-25)30-23(36)14-18-9-11-21(28)12-10-18/h5-12,19-20H,2-4,13-15,28H2,1H3,(H,29,33,35)(H,30,34,36)/t19-,20-/m0/s1. The van der Waals surface area contributed by atoms with E-state index in [9.17, 15) is 9.59 Å². The van der Waals surface area contributed by atoms with Gasteiger partial charge in [-0.25, -0.2) is 0 Å². The highest BCUT2D eigenvalue weighted by Crippen LogP contribution is 2.43. The highest BCUT2D eigenvalue weighted by atomic mass is 32.1. The van der Waals surface area contributed by atoms with Crippen LogP contribution in [0.3, 0.4) is 0 Å². The van der Waals surface area contributed by atoms with Crippen molar-refractivity contribution in [2.45, 2.75) is 57.3 Å². The van der Waals surface area contributed by atoms with E-state index in [1.165, 1.54) is 22.7 Å². The lowest BCUT2D eigenvalue weighted by molar-refractivity contribution is -0.116. The zero-order chi connectivity index (χ0) is 26.5. The first-order valence-electron chi connectivity index (χ1n) is 12.6. The van der Waals surface area contributed by atoms with Crippen molar-refractivity contribution in [3.8, 4) is 0 Å². The third kappa shape index (κ3) is 6.78. The van der Waals surface area contributed by atoms with Gasteiger partial charge in [-0.2, -0.15) is 0 Å². The fourth-order valence-electron chi connectivity index (χ4n) is 4.58. The van der Waals surface area contributed by atoms with Gasteiger partial charge in [0.15, 0.2) is 0 Å². The Kier molecular flexibility index (Phi) is 8.04. The predicted octanol–water partition coefficient (Wildman–Crippen LogP) is 5.08. The van der Waals surface area contributed by atoms with Gasteiger partial charge in [0.05, 0.1) is 12.8 Å². The maximum absolute atomic E-state index is 12.5. The van der Waals surface area contributed by atoms with Gasteiger partial charge in [0.25, 0.3) is 0 Å². The van der Waals surface area contributed by atoms with Crippen LogP contribution in [0, 0.1) is 6.92 Å². The molecule has 11 heteroatoms. The van der Waals surface area contributed by atoms with E-state index in [4.69, 9.17) is 5.73 Å². The summed E-state index contributed by atoms with van der Waals surface area (Å²) in [5.74, 6) is 0.265. The van der Waals surface area contributed by atoms with Gasteiger partial charge in [-0.15, -0.1) is 20.4 Å². The summed E-state index contributed by atoms with van der Waals surface area (Å²) in [6, 6.07) is 15.2. The van der Waals surface area contributed by atoms with Gasteiger partial charge in [0.1, 0.15) is 10.0 Å². The first kappa shape index (κ1) is 25.9. The largest absolute Gasteiger partial charge is 0.399 e. The zero-order valence-corrected chi connectivity index (χ0v) is 22.6. The van der Waals surface area contributed by atoms with Crippen LogP contribution < -0.4 is 16.4 Å². The summed E-state index contributed by atoms with van der Waals surface area (Å²) in [4.78, 5) is 24.9. The third-order valence-corrected chi connectivity index (χ3v) is 8.58. The second kappa shape index (κ2) is 11.8. The number of aryl methyl sites for hydroxylation is 1. The number of nitrogens with zero attached hydrogens (tertiary/aromatic N) is 4. The molecular formula is C27H29N7O2S2. The van der Waals surface area contributed by atoms with Crippen LogP contribution in [0.1, 0.15) is 64.2 Å². The summed E-state index contributed by atoms with van der Waals surface area (Å²) in [6.07, 6.45) is 4.52. The molecule has 196 valence electrons. The van der Waals surface area contributed by atoms with Crippen LogP contribution >= 0.6 is 22.7 Å². The smallest absolute Gasteiger partial charge is 0.230 e. The number of carbonyl (C=O) groups excluding carboxylic acids is 2. The Balaban J connectivity index is 1.14. The molecule has 2 aromatic heterocycles. The summed E-state index contributed by atoms with van der Waals surface area (Å²) >= 11 is 2.87. The molecule has 0 aliphatic heterocycles. The fourth-order valence-corrected chi connectivity index (χ4v) is 6.39. The Morgan fingerprint density at radius 1 is 0.789 bits per heavy atom. The monoisotopic (exact) mass is 547 g/mol. The van der Waals surface area contributed by atoms with Crippen molar-refractivity contribution in [1.82, 2.24) is 20.4 Å². The van der Waals surface area contributed by atoms with Crippen LogP contribution in [-0.2, 0) is 22.4 Å². The molecule has 2 amide bonds. The van der Waals surface area contributed by atoms with E-state index in [0.29, 0.717) is 22.4 Å². The molecule has 0 bridgehead atoms. The molecule has 0 radical (unpaired) electrons. The highest BCUT2D eigenvalue weighted by molar-refractivity contribution is 7.15. The van der Waals surface area contributed by atoms with Crippen molar-refractivity contribution in [1.29, 1.82) is 0 Å². The number of aromatic nitrogens is 4. The maximum atomic E-state index is 12.5. The average molecular weight is 548 g/mol. The van der Waals surface area contributed by atoms with Gasteiger partial charge in [0.2, 0.25) is 22.1 Å². The number of nitrogen functional groups attached to an aromatic ring is 1. The molecule has 4 aromatic rings. The summed E-state index contributed by atoms with van der Waals surface area (Å²) < 4.78 is 0. The van der Waals surface area contributed by atoms with E-state index in [-0.39, 0.29) is 30.1 Å². The minimum Gasteiger partial charge on any atom is -0.399 e. The number of benzene rings is 2. The Morgan fingerprint density at radius 3 is 1.76 bits per heavy atom. The van der Waals surface area contributed by atoms with Gasteiger partial charge in [0, 0.05) is 17.5 Å². The number of hydrogen-bond donors (Lipinski definition) is 3. The lowest BCUT2D eigenvalue weighted by Crippen LogP contribution is -2.14. The Morgan fingerprint density at radius 2 is 1.26 bits per heavy atom. The number of rotatable bonds is 8. The fraction of sp³-hybridized carbons (Fsp3) is 0.333. The van der Waals surface area contributed by atoms with Gasteiger partial charge in [-0.05, 0) is 49.4 Å². The van der Waals surface area contributed by atoms with E-state index in [1.807, 2.05) is 43.3 Å². The highest BCUT2D eigenvalue weighted by Gasteiger charge is 2.29. The van der Waals surface area contributed by atoms with Crippen molar-refractivity contribution in [2.75, 3.05) is 16.4 Å². The molecule has 4 N–H and O–H groups in total. The van der Waals surface area contributed by atoms with Gasteiger partial charge in [-0.1, -0.05) is 71.1 Å². The third-order valence-electron chi connectivity index (χ3n) is 6.58. The minimum absolute atomic E-state index is 0.0992. The molecule has 1 aliphatic carbocycles. The number of amides is 2. The molecule has 1 saturated carbocycles. The van der Waals surface area contributed by atoms with Crippen LogP contribution in [0.25, 0.3) is 0 Å². The number of nitrogens with two attached hydrogens (primary N) is 1. The molecule has 0 spiro atoms. The van der Waals surface area contributed by atoms with Crippen LogP contribution in [0.2, 0.25) is 0 Å². The predicted molar refractivity (Wildman–Crippen MR) is 150 cm³/mol. The van der Waals surface area contributed by atoms with E-state index in [0.717, 1.165) is 52.4 Å². The van der Waals surface area contributed by atoms with Crippen molar-refractivity contribution in [2.24, 2.45) is 0 Å². The number of hydrogen-bond acceptors (Lipinski definition) is 9. The Bertz CT molecular complexity index is 1290. The molecule has 9 nitrogen and oxygen atoms in total. The molecule has 38 heavy (non-hydrogen) atoms. The van der Waals surface area contributed by atoms with Crippen LogP contribution in [0.4, 0.5) is 16.0 Å². The molecule has 0 saturated heterocycles. The molecule has 5 rings (SSSR count). The SMILES string of the molecule is Cc1ccc(CC(=O)Nc2nnc([C@H]3CCC[C@H](c4nnc(NC(=O)Cc5ccc(N)cc5)s4)C3)s2)cc1. The van der Waals surface area contributed by atoms with E-state index in [2.05, 4.69) is 31.0 Å². The Hall–Kier alpha value is -3.70. The molecular weight excluding hydrogens is 518 g/mol. The molecule has 2 heterocycles. The number of carbonyl (C=O) groups is 2. The van der Waals surface area contributed by atoms with Crippen molar-refractivity contribution < 1.29 is 9.59 Å². The molecule has 1 aliphatic rings. The van der Waals surface area contributed by atoms with E-state index in [1.54, 1.807) is 12.1 Å². The van der Waals surface area contributed by atoms with Gasteiger partial charge >= 0.3 is 0 Å². The first-order chi connectivity index (χ1) is 18.4. The molecule has 1 fully saturated rings. The van der Waals surface area contributed by atoms with Crippen molar-refractivity contribution >= 4 is 50.4 Å². The normalized spacial score (nSPS) is 17.2. The van der Waals surface area contributed by atoms with Crippen LogP contribution in [-0.4, -0.2) is 32.2 Å². The minimum atomic E-state index is -0.134. The number of nitrogens with one attached hydrogen (secondary N) is 2. The average Bonchev–Trinajstić information content (AvgIpc) is 3.57. The lowest BCUT2D eigenvalue weighted by atomic mass is 9.82.